The third kappa shape index (κ3) is 5.57. The van der Waals surface area contributed by atoms with Crippen molar-refractivity contribution in [1.82, 2.24) is 4.90 Å². The molecule has 0 aromatic heterocycles. The molecule has 0 spiro atoms. The number of anilines is 1. The van der Waals surface area contributed by atoms with Crippen LogP contribution in [0.2, 0.25) is 0 Å². The lowest BCUT2D eigenvalue weighted by Crippen LogP contribution is -2.36. The van der Waals surface area contributed by atoms with Crippen LogP contribution in [0.15, 0.2) is 41.3 Å². The fraction of sp³-hybridized carbons (Fsp3) is 0.250. The molecule has 3 amide bonds. The predicted octanol–water partition coefficient (Wildman–Crippen LogP) is 3.84. The zero-order chi connectivity index (χ0) is 25.0. The number of ether oxygens (including phenoxy) is 2. The Morgan fingerprint density at radius 2 is 1.91 bits per heavy atom. The summed E-state index contributed by atoms with van der Waals surface area (Å²) in [5.74, 6) is -1.92. The van der Waals surface area contributed by atoms with Gasteiger partial charge < -0.3 is 19.9 Å². The molecule has 0 unspecified atom stereocenters. The van der Waals surface area contributed by atoms with Gasteiger partial charge in [0, 0.05) is 11.3 Å². The maximum absolute atomic E-state index is 12.9. The average molecular weight is 485 g/mol. The van der Waals surface area contributed by atoms with Gasteiger partial charge in [0.15, 0.2) is 17.6 Å². The van der Waals surface area contributed by atoms with Crippen molar-refractivity contribution in [2.75, 3.05) is 19.0 Å². The molecule has 1 aliphatic heterocycles. The van der Waals surface area contributed by atoms with E-state index in [-0.39, 0.29) is 16.4 Å². The fourth-order valence-electron chi connectivity index (χ4n) is 3.10. The summed E-state index contributed by atoms with van der Waals surface area (Å²) in [6.07, 6.45) is 0.242. The monoisotopic (exact) mass is 484 g/mol. The van der Waals surface area contributed by atoms with E-state index in [4.69, 9.17) is 9.47 Å². The maximum Gasteiger partial charge on any atom is 0.344 e. The quantitative estimate of drug-likeness (QED) is 0.542. The van der Waals surface area contributed by atoms with Gasteiger partial charge in [0.2, 0.25) is 5.91 Å². The van der Waals surface area contributed by atoms with Crippen LogP contribution in [0, 0.1) is 13.8 Å². The number of rotatable bonds is 8. The molecule has 34 heavy (non-hydrogen) atoms. The first kappa shape index (κ1) is 24.8. The standard InChI is InChI=1S/C24H24N2O7S/c1-13-8-9-17(10-14(13)2)25-20(27)12-26-22(28)19(34-24(26)31)11-16-6-5-7-18(32-4)21(16)33-15(3)23(29)30/h5-11,15H,12H2,1-4H3,(H,25,27)(H,29,30)/b19-11-/t15-/m1/s1. The van der Waals surface area contributed by atoms with Gasteiger partial charge in [-0.25, -0.2) is 4.79 Å². The highest BCUT2D eigenvalue weighted by molar-refractivity contribution is 8.18. The van der Waals surface area contributed by atoms with Crippen molar-refractivity contribution in [2.45, 2.75) is 26.9 Å². The minimum atomic E-state index is -1.17. The normalized spacial score (nSPS) is 15.4. The van der Waals surface area contributed by atoms with E-state index in [1.807, 2.05) is 26.0 Å². The van der Waals surface area contributed by atoms with Gasteiger partial charge >= 0.3 is 5.97 Å². The smallest absolute Gasteiger partial charge is 0.344 e. The average Bonchev–Trinajstić information content (AvgIpc) is 3.04. The molecular weight excluding hydrogens is 460 g/mol. The molecule has 1 saturated heterocycles. The van der Waals surface area contributed by atoms with Crippen LogP contribution in [0.3, 0.4) is 0 Å². The summed E-state index contributed by atoms with van der Waals surface area (Å²) < 4.78 is 10.8. The Kier molecular flexibility index (Phi) is 7.62. The van der Waals surface area contributed by atoms with Crippen LogP contribution in [-0.2, 0) is 14.4 Å². The largest absolute Gasteiger partial charge is 0.493 e. The molecule has 1 fully saturated rings. The van der Waals surface area contributed by atoms with Crippen LogP contribution in [0.25, 0.3) is 6.08 Å². The van der Waals surface area contributed by atoms with Crippen molar-refractivity contribution >= 4 is 46.5 Å². The van der Waals surface area contributed by atoms with Crippen LogP contribution in [0.1, 0.15) is 23.6 Å². The number of benzene rings is 2. The number of hydrogen-bond acceptors (Lipinski definition) is 7. The van der Waals surface area contributed by atoms with E-state index in [2.05, 4.69) is 5.32 Å². The zero-order valence-corrected chi connectivity index (χ0v) is 19.9. The van der Waals surface area contributed by atoms with Crippen molar-refractivity contribution in [3.63, 3.8) is 0 Å². The van der Waals surface area contributed by atoms with Crippen LogP contribution in [0.5, 0.6) is 11.5 Å². The SMILES string of the molecule is COc1cccc(/C=C2\SC(=O)N(CC(=O)Nc3ccc(C)c(C)c3)C2=O)c1O[C@H](C)C(=O)O. The van der Waals surface area contributed by atoms with Gasteiger partial charge in [0.05, 0.1) is 12.0 Å². The molecule has 0 radical (unpaired) electrons. The van der Waals surface area contributed by atoms with Crippen molar-refractivity contribution in [2.24, 2.45) is 0 Å². The maximum atomic E-state index is 12.9. The van der Waals surface area contributed by atoms with Crippen LogP contribution in [-0.4, -0.2) is 52.8 Å². The Bertz CT molecular complexity index is 1190. The minimum absolute atomic E-state index is 0.0741. The van der Waals surface area contributed by atoms with Gasteiger partial charge in [-0.2, -0.15) is 0 Å². The molecule has 0 saturated carbocycles. The molecule has 3 rings (SSSR count). The first-order chi connectivity index (χ1) is 16.1. The summed E-state index contributed by atoms with van der Waals surface area (Å²) in [4.78, 5) is 50.0. The lowest BCUT2D eigenvalue weighted by molar-refractivity contribution is -0.144. The topological polar surface area (TPSA) is 122 Å². The van der Waals surface area contributed by atoms with Gasteiger partial charge in [0.1, 0.15) is 6.54 Å². The number of carbonyl (C=O) groups is 4. The number of hydrogen-bond donors (Lipinski definition) is 2. The third-order valence-corrected chi connectivity index (χ3v) is 6.03. The van der Waals surface area contributed by atoms with Gasteiger partial charge in [-0.05, 0) is 67.9 Å². The first-order valence-electron chi connectivity index (χ1n) is 10.3. The Morgan fingerprint density at radius 1 is 1.18 bits per heavy atom. The third-order valence-electron chi connectivity index (χ3n) is 5.12. The second kappa shape index (κ2) is 10.4. The highest BCUT2D eigenvalue weighted by Crippen LogP contribution is 2.37. The van der Waals surface area contributed by atoms with Crippen LogP contribution in [0.4, 0.5) is 10.5 Å². The number of methoxy groups -OCH3 is 1. The Morgan fingerprint density at radius 3 is 2.56 bits per heavy atom. The number of aryl methyl sites for hydroxylation is 2. The molecule has 1 atom stereocenters. The molecule has 0 aliphatic carbocycles. The van der Waals surface area contributed by atoms with E-state index >= 15 is 0 Å². The van der Waals surface area contributed by atoms with Gasteiger partial charge in [-0.3, -0.25) is 19.3 Å². The molecule has 1 heterocycles. The highest BCUT2D eigenvalue weighted by atomic mass is 32.2. The van der Waals surface area contributed by atoms with Crippen LogP contribution < -0.4 is 14.8 Å². The van der Waals surface area contributed by atoms with E-state index in [1.54, 1.807) is 24.3 Å². The number of imide groups is 1. The van der Waals surface area contributed by atoms with Crippen molar-refractivity contribution < 1.29 is 33.8 Å². The summed E-state index contributed by atoms with van der Waals surface area (Å²) in [6, 6.07) is 10.3. The number of carboxylic acids is 1. The number of aliphatic carboxylic acids is 1. The minimum Gasteiger partial charge on any atom is -0.493 e. The molecule has 9 nitrogen and oxygen atoms in total. The zero-order valence-electron chi connectivity index (χ0n) is 19.1. The number of thioether (sulfide) groups is 1. The Hall–Kier alpha value is -3.79. The molecular formula is C24H24N2O7S. The second-order valence-corrected chi connectivity index (χ2v) is 8.59. The molecule has 0 bridgehead atoms. The van der Waals surface area contributed by atoms with E-state index in [0.29, 0.717) is 23.0 Å². The van der Waals surface area contributed by atoms with E-state index in [0.717, 1.165) is 16.0 Å². The number of carboxylic acid groups (broad SMARTS) is 1. The predicted molar refractivity (Wildman–Crippen MR) is 128 cm³/mol. The van der Waals surface area contributed by atoms with Crippen LogP contribution >= 0.6 is 11.8 Å². The van der Waals surface area contributed by atoms with Crippen molar-refractivity contribution in [1.29, 1.82) is 0 Å². The lowest BCUT2D eigenvalue weighted by Gasteiger charge is -2.16. The highest BCUT2D eigenvalue weighted by Gasteiger charge is 2.36. The second-order valence-electron chi connectivity index (χ2n) is 7.59. The Balaban J connectivity index is 1.80. The van der Waals surface area contributed by atoms with E-state index < -0.39 is 35.7 Å². The number of amides is 3. The summed E-state index contributed by atoms with van der Waals surface area (Å²) in [5.41, 5.74) is 3.01. The summed E-state index contributed by atoms with van der Waals surface area (Å²) in [5, 5.41) is 11.3. The molecule has 2 aromatic rings. The van der Waals surface area contributed by atoms with Crippen molar-refractivity contribution in [3.8, 4) is 11.5 Å². The summed E-state index contributed by atoms with van der Waals surface area (Å²) in [6.45, 7) is 4.79. The molecule has 2 aromatic carbocycles. The van der Waals surface area contributed by atoms with E-state index in [1.165, 1.54) is 20.1 Å². The molecule has 2 N–H and O–H groups in total. The number of nitrogens with zero attached hydrogens (tertiary/aromatic N) is 1. The molecule has 10 heteroatoms. The summed E-state index contributed by atoms with van der Waals surface area (Å²) in [7, 11) is 1.40. The van der Waals surface area contributed by atoms with Crippen molar-refractivity contribution in [3.05, 3.63) is 58.0 Å². The first-order valence-corrected chi connectivity index (χ1v) is 11.1. The lowest BCUT2D eigenvalue weighted by atomic mass is 10.1. The molecule has 1 aliphatic rings. The number of carbonyl (C=O) groups excluding carboxylic acids is 3. The van der Waals surface area contributed by atoms with Gasteiger partial charge in [-0.15, -0.1) is 0 Å². The Labute approximate surface area is 200 Å². The number of nitrogens with one attached hydrogen (secondary N) is 1. The van der Waals surface area contributed by atoms with Gasteiger partial charge in [0.25, 0.3) is 11.1 Å². The van der Waals surface area contributed by atoms with E-state index in [9.17, 15) is 24.3 Å². The summed E-state index contributed by atoms with van der Waals surface area (Å²) >= 11 is 0.683. The fourth-order valence-corrected chi connectivity index (χ4v) is 3.93. The number of para-hydroxylation sites is 1. The van der Waals surface area contributed by atoms with Gasteiger partial charge in [-0.1, -0.05) is 18.2 Å². The molecule has 178 valence electrons.